The maximum Gasteiger partial charge on any atom is 0.0253 e. The van der Waals surface area contributed by atoms with Gasteiger partial charge in [-0.25, -0.2) is 0 Å². The van der Waals surface area contributed by atoms with Crippen molar-refractivity contribution in [1.29, 1.82) is 5.41 Å². The SMILES string of the molecule is C=C(I)/C=C(C=N)\C(C)=C/C. The first-order valence-corrected chi connectivity index (χ1v) is 4.39. The molecule has 0 aromatic rings. The lowest BCUT2D eigenvalue weighted by molar-refractivity contribution is 1.41. The van der Waals surface area contributed by atoms with Crippen LogP contribution >= 0.6 is 22.6 Å². The number of hydrogen-bond acceptors (Lipinski definition) is 1. The normalized spacial score (nSPS) is 13.0. The Bertz CT molecular complexity index is 224. The number of nitrogens with one attached hydrogen (secondary N) is 1. The van der Waals surface area contributed by atoms with Crippen molar-refractivity contribution in [2.45, 2.75) is 13.8 Å². The Morgan fingerprint density at radius 1 is 1.55 bits per heavy atom. The summed E-state index contributed by atoms with van der Waals surface area (Å²) in [5.74, 6) is 0. The zero-order valence-electron chi connectivity index (χ0n) is 6.82. The van der Waals surface area contributed by atoms with E-state index in [0.717, 1.165) is 14.7 Å². The molecule has 2 heteroatoms. The fraction of sp³-hybridized carbons (Fsp3) is 0.222. The smallest absolute Gasteiger partial charge is 0.0253 e. The van der Waals surface area contributed by atoms with Crippen molar-refractivity contribution >= 4 is 28.8 Å². The Morgan fingerprint density at radius 3 is 2.36 bits per heavy atom. The lowest BCUT2D eigenvalue weighted by Gasteiger charge is -1.98. The van der Waals surface area contributed by atoms with Gasteiger partial charge in [0, 0.05) is 9.79 Å². The van der Waals surface area contributed by atoms with Crippen LogP contribution in [0.3, 0.4) is 0 Å². The van der Waals surface area contributed by atoms with Crippen LogP contribution in [0.25, 0.3) is 0 Å². The Hall–Kier alpha value is -0.380. The summed E-state index contributed by atoms with van der Waals surface area (Å²) in [5.41, 5.74) is 2.03. The lowest BCUT2D eigenvalue weighted by Crippen LogP contribution is -1.85. The predicted molar refractivity (Wildman–Crippen MR) is 59.5 cm³/mol. The molecule has 0 heterocycles. The summed E-state index contributed by atoms with van der Waals surface area (Å²) in [6.07, 6.45) is 5.22. The molecule has 0 saturated heterocycles. The van der Waals surface area contributed by atoms with E-state index in [2.05, 4.69) is 29.2 Å². The van der Waals surface area contributed by atoms with Crippen LogP contribution in [0.1, 0.15) is 13.8 Å². The van der Waals surface area contributed by atoms with E-state index >= 15 is 0 Å². The van der Waals surface area contributed by atoms with Crippen molar-refractivity contribution in [1.82, 2.24) is 0 Å². The topological polar surface area (TPSA) is 23.9 Å². The second kappa shape index (κ2) is 5.29. The summed E-state index contributed by atoms with van der Waals surface area (Å²) < 4.78 is 0.947. The van der Waals surface area contributed by atoms with Gasteiger partial charge in [0.2, 0.25) is 0 Å². The van der Waals surface area contributed by atoms with Gasteiger partial charge in [-0.1, -0.05) is 12.7 Å². The van der Waals surface area contributed by atoms with Crippen LogP contribution < -0.4 is 0 Å². The fourth-order valence-corrected chi connectivity index (χ4v) is 0.940. The third-order valence-corrected chi connectivity index (χ3v) is 1.67. The highest BCUT2D eigenvalue weighted by molar-refractivity contribution is 14.1. The van der Waals surface area contributed by atoms with Gasteiger partial charge in [-0.15, -0.1) is 0 Å². The van der Waals surface area contributed by atoms with Crippen molar-refractivity contribution < 1.29 is 0 Å². The zero-order valence-corrected chi connectivity index (χ0v) is 8.97. The van der Waals surface area contributed by atoms with E-state index in [0.29, 0.717) is 0 Å². The highest BCUT2D eigenvalue weighted by atomic mass is 127. The number of hydrogen-bond donors (Lipinski definition) is 1. The van der Waals surface area contributed by atoms with E-state index in [1.807, 2.05) is 26.0 Å². The minimum atomic E-state index is 0.923. The van der Waals surface area contributed by atoms with Gasteiger partial charge in [-0.05, 0) is 53.7 Å². The molecule has 11 heavy (non-hydrogen) atoms. The van der Waals surface area contributed by atoms with Crippen molar-refractivity contribution in [3.8, 4) is 0 Å². The van der Waals surface area contributed by atoms with Crippen molar-refractivity contribution in [2.24, 2.45) is 0 Å². The molecule has 0 aliphatic heterocycles. The van der Waals surface area contributed by atoms with E-state index in [1.165, 1.54) is 6.21 Å². The zero-order chi connectivity index (χ0) is 8.85. The molecule has 1 nitrogen and oxygen atoms in total. The predicted octanol–water partition coefficient (Wildman–Crippen LogP) is 3.48. The van der Waals surface area contributed by atoms with Gasteiger partial charge in [-0.3, -0.25) is 0 Å². The minimum absolute atomic E-state index is 0.923. The van der Waals surface area contributed by atoms with Gasteiger partial charge in [0.1, 0.15) is 0 Å². The first kappa shape index (κ1) is 10.6. The third kappa shape index (κ3) is 4.14. The van der Waals surface area contributed by atoms with Gasteiger partial charge >= 0.3 is 0 Å². The quantitative estimate of drug-likeness (QED) is 0.457. The van der Waals surface area contributed by atoms with E-state index in [1.54, 1.807) is 0 Å². The van der Waals surface area contributed by atoms with Crippen LogP contribution in [0.15, 0.2) is 33.5 Å². The molecule has 0 aliphatic rings. The molecule has 0 unspecified atom stereocenters. The van der Waals surface area contributed by atoms with Gasteiger partial charge in [0.05, 0.1) is 0 Å². The molecule has 0 bridgehead atoms. The molecule has 0 aromatic heterocycles. The molecule has 0 rings (SSSR count). The van der Waals surface area contributed by atoms with Crippen LogP contribution in [0.5, 0.6) is 0 Å². The van der Waals surface area contributed by atoms with Gasteiger partial charge in [0.15, 0.2) is 0 Å². The van der Waals surface area contributed by atoms with Crippen LogP contribution in [-0.4, -0.2) is 6.21 Å². The first-order valence-electron chi connectivity index (χ1n) is 3.31. The number of allylic oxidation sites excluding steroid dienone is 5. The fourth-order valence-electron chi connectivity index (χ4n) is 0.605. The van der Waals surface area contributed by atoms with E-state index < -0.39 is 0 Å². The summed E-state index contributed by atoms with van der Waals surface area (Å²) in [7, 11) is 0. The van der Waals surface area contributed by atoms with Crippen LogP contribution in [0, 0.1) is 5.41 Å². The molecule has 0 amide bonds. The minimum Gasteiger partial charge on any atom is -0.308 e. The first-order chi connectivity index (χ1) is 5.11. The monoisotopic (exact) mass is 261 g/mol. The molecular weight excluding hydrogens is 249 g/mol. The second-order valence-corrected chi connectivity index (χ2v) is 3.55. The maximum atomic E-state index is 7.11. The highest BCUT2D eigenvalue weighted by Crippen LogP contribution is 2.12. The molecular formula is C9H12IN. The molecule has 0 aliphatic carbocycles. The Morgan fingerprint density at radius 2 is 2.09 bits per heavy atom. The van der Waals surface area contributed by atoms with Crippen molar-refractivity contribution in [3.05, 3.63) is 33.5 Å². The van der Waals surface area contributed by atoms with E-state index in [4.69, 9.17) is 5.41 Å². The molecule has 0 fully saturated rings. The van der Waals surface area contributed by atoms with Crippen molar-refractivity contribution in [3.63, 3.8) is 0 Å². The summed E-state index contributed by atoms with van der Waals surface area (Å²) in [4.78, 5) is 0. The summed E-state index contributed by atoms with van der Waals surface area (Å²) in [6, 6.07) is 0. The molecule has 0 radical (unpaired) electrons. The standard InChI is InChI=1S/C9H12IN/c1-4-7(2)9(6-11)5-8(3)10/h4-6,11H,3H2,1-2H3/b7-4-,9-5-,11-6?. The molecule has 0 aromatic carbocycles. The van der Waals surface area contributed by atoms with Crippen molar-refractivity contribution in [2.75, 3.05) is 0 Å². The number of halogens is 1. The average molecular weight is 261 g/mol. The molecule has 0 spiro atoms. The van der Waals surface area contributed by atoms with Crippen LogP contribution in [0.2, 0.25) is 0 Å². The van der Waals surface area contributed by atoms with Gasteiger partial charge in [-0.2, -0.15) is 0 Å². The molecule has 1 N–H and O–H groups in total. The number of rotatable bonds is 3. The Kier molecular flexibility index (Phi) is 5.11. The lowest BCUT2D eigenvalue weighted by atomic mass is 10.1. The van der Waals surface area contributed by atoms with E-state index in [-0.39, 0.29) is 0 Å². The molecule has 0 atom stereocenters. The molecule has 60 valence electrons. The highest BCUT2D eigenvalue weighted by Gasteiger charge is 1.93. The summed E-state index contributed by atoms with van der Waals surface area (Å²) in [5, 5.41) is 7.11. The summed E-state index contributed by atoms with van der Waals surface area (Å²) in [6.45, 7) is 7.68. The average Bonchev–Trinajstić information content (AvgIpc) is 1.98. The third-order valence-electron chi connectivity index (χ3n) is 1.36. The Labute approximate surface area is 81.5 Å². The molecule has 0 saturated carbocycles. The largest absolute Gasteiger partial charge is 0.308 e. The maximum absolute atomic E-state index is 7.11. The van der Waals surface area contributed by atoms with Gasteiger partial charge in [0.25, 0.3) is 0 Å². The van der Waals surface area contributed by atoms with Crippen LogP contribution in [0.4, 0.5) is 0 Å². The Balaban J connectivity index is 4.67. The second-order valence-electron chi connectivity index (χ2n) is 2.16. The van der Waals surface area contributed by atoms with Gasteiger partial charge < -0.3 is 5.41 Å². The summed E-state index contributed by atoms with van der Waals surface area (Å²) >= 11 is 2.13. The van der Waals surface area contributed by atoms with Crippen LogP contribution in [-0.2, 0) is 0 Å². The van der Waals surface area contributed by atoms with E-state index in [9.17, 15) is 0 Å².